The van der Waals surface area contributed by atoms with Gasteiger partial charge in [0.05, 0.1) is 4.92 Å². The number of piperidine rings is 1. The lowest BCUT2D eigenvalue weighted by atomic mass is 10.1. The highest BCUT2D eigenvalue weighted by Crippen LogP contribution is 2.35. The van der Waals surface area contributed by atoms with Crippen LogP contribution in [-0.2, 0) is 0 Å². The highest BCUT2D eigenvalue weighted by molar-refractivity contribution is 9.10. The third-order valence-corrected chi connectivity index (χ3v) is 3.41. The van der Waals surface area contributed by atoms with Gasteiger partial charge in [-0.25, -0.2) is 0 Å². The molecule has 1 saturated heterocycles. The molecule has 0 amide bonds. The van der Waals surface area contributed by atoms with Crippen molar-refractivity contribution >= 4 is 21.6 Å². The summed E-state index contributed by atoms with van der Waals surface area (Å²) in [5.41, 5.74) is 0.800. The summed E-state index contributed by atoms with van der Waals surface area (Å²) in [6.07, 6.45) is 1.98. The smallest absolute Gasteiger partial charge is 0.312 e. The molecule has 1 aliphatic rings. The average Bonchev–Trinajstić information content (AvgIpc) is 2.33. The highest BCUT2D eigenvalue weighted by Gasteiger charge is 2.23. The fraction of sp³-hybridized carbons (Fsp3) is 0.500. The Bertz CT molecular complexity index is 459. The van der Waals surface area contributed by atoms with Crippen LogP contribution in [0.2, 0.25) is 0 Å². The lowest BCUT2D eigenvalue weighted by Gasteiger charge is -2.24. The van der Waals surface area contributed by atoms with Crippen molar-refractivity contribution in [3.05, 3.63) is 32.3 Å². The summed E-state index contributed by atoms with van der Waals surface area (Å²) in [4.78, 5) is 10.7. The number of rotatable bonds is 3. The minimum atomic E-state index is -0.399. The maximum atomic E-state index is 11.1. The monoisotopic (exact) mass is 314 g/mol. The number of nitro groups is 1. The highest BCUT2D eigenvalue weighted by atomic mass is 79.9. The first kappa shape index (κ1) is 13.3. The quantitative estimate of drug-likeness (QED) is 0.688. The second kappa shape index (κ2) is 5.67. The van der Waals surface area contributed by atoms with E-state index in [1.165, 1.54) is 6.07 Å². The van der Waals surface area contributed by atoms with Gasteiger partial charge in [0.15, 0.2) is 5.75 Å². The predicted octanol–water partition coefficient (Wildman–Crippen LogP) is 2.80. The van der Waals surface area contributed by atoms with Gasteiger partial charge in [0.2, 0.25) is 0 Å². The van der Waals surface area contributed by atoms with Crippen molar-refractivity contribution in [2.24, 2.45) is 0 Å². The van der Waals surface area contributed by atoms with Crippen molar-refractivity contribution in [2.45, 2.75) is 25.9 Å². The van der Waals surface area contributed by atoms with E-state index < -0.39 is 4.92 Å². The lowest BCUT2D eigenvalue weighted by molar-refractivity contribution is -0.386. The molecule has 0 aliphatic carbocycles. The van der Waals surface area contributed by atoms with Gasteiger partial charge >= 0.3 is 5.69 Å². The third kappa shape index (κ3) is 3.00. The van der Waals surface area contributed by atoms with E-state index in [-0.39, 0.29) is 11.8 Å². The standard InChI is InChI=1S/C12H15BrN2O3/c1-8-5-9(13)6-11(15(16)17)12(8)18-10-3-2-4-14-7-10/h5-6,10,14H,2-4,7H2,1H3. The van der Waals surface area contributed by atoms with Gasteiger partial charge in [0.1, 0.15) is 6.10 Å². The maximum absolute atomic E-state index is 11.1. The van der Waals surface area contributed by atoms with Gasteiger partial charge in [-0.3, -0.25) is 10.1 Å². The Hall–Kier alpha value is -1.14. The van der Waals surface area contributed by atoms with Crippen molar-refractivity contribution in [3.8, 4) is 5.75 Å². The molecule has 1 atom stereocenters. The Morgan fingerprint density at radius 3 is 2.94 bits per heavy atom. The van der Waals surface area contributed by atoms with Gasteiger partial charge < -0.3 is 10.1 Å². The third-order valence-electron chi connectivity index (χ3n) is 2.95. The van der Waals surface area contributed by atoms with E-state index >= 15 is 0 Å². The van der Waals surface area contributed by atoms with E-state index in [2.05, 4.69) is 21.2 Å². The van der Waals surface area contributed by atoms with Crippen LogP contribution in [0.3, 0.4) is 0 Å². The number of ether oxygens (including phenoxy) is 1. The van der Waals surface area contributed by atoms with E-state index in [0.29, 0.717) is 10.2 Å². The normalized spacial score (nSPS) is 19.6. The molecule has 5 nitrogen and oxygen atoms in total. The van der Waals surface area contributed by atoms with E-state index in [9.17, 15) is 10.1 Å². The van der Waals surface area contributed by atoms with E-state index in [4.69, 9.17) is 4.74 Å². The zero-order valence-corrected chi connectivity index (χ0v) is 11.7. The van der Waals surface area contributed by atoms with Crippen LogP contribution in [0.25, 0.3) is 0 Å². The number of hydrogen-bond acceptors (Lipinski definition) is 4. The number of nitro benzene ring substituents is 1. The fourth-order valence-electron chi connectivity index (χ4n) is 2.09. The molecule has 1 aromatic rings. The van der Waals surface area contributed by atoms with Crippen LogP contribution in [0.15, 0.2) is 16.6 Å². The first-order valence-electron chi connectivity index (χ1n) is 5.90. The Labute approximate surface area is 114 Å². The summed E-state index contributed by atoms with van der Waals surface area (Å²) in [7, 11) is 0. The summed E-state index contributed by atoms with van der Waals surface area (Å²) in [6.45, 7) is 3.55. The average molecular weight is 315 g/mol. The first-order chi connectivity index (χ1) is 8.58. The van der Waals surface area contributed by atoms with E-state index in [1.807, 2.05) is 13.0 Å². The molecular formula is C12H15BrN2O3. The van der Waals surface area contributed by atoms with Crippen molar-refractivity contribution in [1.29, 1.82) is 0 Å². The SMILES string of the molecule is Cc1cc(Br)cc([N+](=O)[O-])c1OC1CCCNC1. The topological polar surface area (TPSA) is 64.4 Å². The molecule has 1 heterocycles. The molecule has 2 rings (SSSR count). The molecule has 6 heteroatoms. The largest absolute Gasteiger partial charge is 0.482 e. The number of benzene rings is 1. The Balaban J connectivity index is 2.27. The molecule has 1 fully saturated rings. The predicted molar refractivity (Wildman–Crippen MR) is 72.1 cm³/mol. The Morgan fingerprint density at radius 1 is 1.56 bits per heavy atom. The number of aryl methyl sites for hydroxylation is 1. The van der Waals surface area contributed by atoms with Gasteiger partial charge in [-0.2, -0.15) is 0 Å². The van der Waals surface area contributed by atoms with Gasteiger partial charge in [-0.15, -0.1) is 0 Å². The lowest BCUT2D eigenvalue weighted by Crippen LogP contribution is -2.37. The summed E-state index contributed by atoms with van der Waals surface area (Å²) in [5.74, 6) is 0.386. The van der Waals surface area contributed by atoms with Gasteiger partial charge in [0, 0.05) is 17.1 Å². The summed E-state index contributed by atoms with van der Waals surface area (Å²) in [5, 5.41) is 14.3. The summed E-state index contributed by atoms with van der Waals surface area (Å²) >= 11 is 3.27. The number of halogens is 1. The van der Waals surface area contributed by atoms with E-state index in [0.717, 1.165) is 31.5 Å². The van der Waals surface area contributed by atoms with Crippen LogP contribution >= 0.6 is 15.9 Å². The van der Waals surface area contributed by atoms with Crippen LogP contribution in [0.5, 0.6) is 5.75 Å². The van der Waals surface area contributed by atoms with Crippen LogP contribution in [0, 0.1) is 17.0 Å². The number of hydrogen-bond donors (Lipinski definition) is 1. The second-order valence-corrected chi connectivity index (χ2v) is 5.33. The van der Waals surface area contributed by atoms with E-state index in [1.54, 1.807) is 0 Å². The Morgan fingerprint density at radius 2 is 2.33 bits per heavy atom. The van der Waals surface area contributed by atoms with Gasteiger partial charge in [-0.1, -0.05) is 15.9 Å². The molecular weight excluding hydrogens is 300 g/mol. The number of nitrogens with zero attached hydrogens (tertiary/aromatic N) is 1. The minimum Gasteiger partial charge on any atom is -0.482 e. The van der Waals surface area contributed by atoms with Crippen molar-refractivity contribution in [2.75, 3.05) is 13.1 Å². The second-order valence-electron chi connectivity index (χ2n) is 4.41. The molecule has 0 spiro atoms. The van der Waals surface area contributed by atoms with Crippen LogP contribution < -0.4 is 10.1 Å². The fourth-order valence-corrected chi connectivity index (χ4v) is 2.65. The van der Waals surface area contributed by atoms with Crippen LogP contribution in [0.1, 0.15) is 18.4 Å². The molecule has 1 unspecified atom stereocenters. The van der Waals surface area contributed by atoms with Crippen LogP contribution in [-0.4, -0.2) is 24.1 Å². The van der Waals surface area contributed by atoms with Crippen molar-refractivity contribution in [3.63, 3.8) is 0 Å². The molecule has 98 valence electrons. The minimum absolute atomic E-state index is 0.0114. The summed E-state index contributed by atoms with van der Waals surface area (Å²) in [6, 6.07) is 3.32. The van der Waals surface area contributed by atoms with Gasteiger partial charge in [0.25, 0.3) is 0 Å². The molecule has 0 saturated carbocycles. The molecule has 1 aliphatic heterocycles. The molecule has 0 bridgehead atoms. The molecule has 0 aromatic heterocycles. The van der Waals surface area contributed by atoms with Crippen LogP contribution in [0.4, 0.5) is 5.69 Å². The maximum Gasteiger partial charge on any atom is 0.312 e. The Kier molecular flexibility index (Phi) is 4.19. The molecule has 0 radical (unpaired) electrons. The molecule has 1 aromatic carbocycles. The summed E-state index contributed by atoms with van der Waals surface area (Å²) < 4.78 is 6.50. The van der Waals surface area contributed by atoms with Crippen molar-refractivity contribution < 1.29 is 9.66 Å². The molecule has 1 N–H and O–H groups in total. The molecule has 18 heavy (non-hydrogen) atoms. The first-order valence-corrected chi connectivity index (χ1v) is 6.69. The van der Waals surface area contributed by atoms with Crippen molar-refractivity contribution in [1.82, 2.24) is 5.32 Å². The zero-order chi connectivity index (χ0) is 13.1. The number of nitrogens with one attached hydrogen (secondary N) is 1. The van der Waals surface area contributed by atoms with Gasteiger partial charge in [-0.05, 0) is 37.9 Å². The zero-order valence-electron chi connectivity index (χ0n) is 10.1.